The fraction of sp³-hybridized carbons (Fsp3) is 0.818. The molecule has 3 unspecified atom stereocenters. The molecule has 5 nitrogen and oxygen atoms in total. The molecule has 7 heteroatoms. The first kappa shape index (κ1) is 13.0. The Balaban J connectivity index is 2.03. The number of fused-ring (bicyclic) bond motifs is 1. The normalized spacial score (nSPS) is 30.6. The van der Waals surface area contributed by atoms with E-state index in [1.807, 2.05) is 0 Å². The van der Waals surface area contributed by atoms with Crippen LogP contribution in [0.5, 0.6) is 0 Å². The third-order valence-corrected chi connectivity index (χ3v) is 3.81. The van der Waals surface area contributed by atoms with Gasteiger partial charge in [-0.1, -0.05) is 6.42 Å². The van der Waals surface area contributed by atoms with Crippen LogP contribution in [0.4, 0.5) is 13.6 Å². The van der Waals surface area contributed by atoms with Gasteiger partial charge in [-0.3, -0.25) is 0 Å². The van der Waals surface area contributed by atoms with Crippen LogP contribution in [0.25, 0.3) is 0 Å². The monoisotopic (exact) mass is 262 g/mol. The Hall–Kier alpha value is -1.40. The lowest BCUT2D eigenvalue weighted by molar-refractivity contribution is -0.142. The molecule has 2 aliphatic rings. The predicted octanol–water partition coefficient (Wildman–Crippen LogP) is 1.15. The number of carboxylic acid groups (broad SMARTS) is 1. The van der Waals surface area contributed by atoms with Crippen molar-refractivity contribution in [2.75, 3.05) is 13.1 Å². The van der Waals surface area contributed by atoms with Crippen LogP contribution in [0, 0.1) is 11.8 Å². The molecule has 0 aromatic rings. The van der Waals surface area contributed by atoms with E-state index in [2.05, 4.69) is 5.32 Å². The minimum absolute atomic E-state index is 0.0280. The molecule has 0 aromatic heterocycles. The lowest BCUT2D eigenvalue weighted by atomic mass is 9.94. The highest BCUT2D eigenvalue weighted by molar-refractivity contribution is 5.83. The fourth-order valence-electron chi connectivity index (χ4n) is 3.10. The topological polar surface area (TPSA) is 69.6 Å². The van der Waals surface area contributed by atoms with Gasteiger partial charge in [0.2, 0.25) is 0 Å². The van der Waals surface area contributed by atoms with E-state index in [0.29, 0.717) is 6.54 Å². The minimum Gasteiger partial charge on any atom is -0.480 e. The van der Waals surface area contributed by atoms with Gasteiger partial charge in [-0.2, -0.15) is 0 Å². The van der Waals surface area contributed by atoms with Crippen molar-refractivity contribution in [1.82, 2.24) is 10.2 Å². The zero-order valence-electron chi connectivity index (χ0n) is 9.81. The highest BCUT2D eigenvalue weighted by Crippen LogP contribution is 2.42. The number of carboxylic acids is 1. The number of nitrogens with one attached hydrogen (secondary N) is 1. The number of likely N-dealkylation sites (tertiary alicyclic amines) is 1. The Labute approximate surface area is 103 Å². The van der Waals surface area contributed by atoms with Gasteiger partial charge in [0.05, 0.1) is 6.54 Å². The van der Waals surface area contributed by atoms with E-state index in [9.17, 15) is 23.5 Å². The molecule has 3 atom stereocenters. The highest BCUT2D eigenvalue weighted by atomic mass is 19.3. The van der Waals surface area contributed by atoms with Crippen LogP contribution in [-0.2, 0) is 4.79 Å². The summed E-state index contributed by atoms with van der Waals surface area (Å²) in [6, 6.07) is -1.56. The van der Waals surface area contributed by atoms with Crippen molar-refractivity contribution in [1.29, 1.82) is 0 Å². The van der Waals surface area contributed by atoms with Crippen molar-refractivity contribution in [2.24, 2.45) is 11.8 Å². The summed E-state index contributed by atoms with van der Waals surface area (Å²) in [4.78, 5) is 24.1. The van der Waals surface area contributed by atoms with Crippen LogP contribution in [-0.4, -0.2) is 47.6 Å². The number of alkyl halides is 2. The molecular weight excluding hydrogens is 246 g/mol. The number of rotatable bonds is 3. The molecular formula is C11H16F2N2O3. The molecule has 0 aromatic carbocycles. The Morgan fingerprint density at radius 1 is 1.39 bits per heavy atom. The minimum atomic E-state index is -2.63. The molecule has 18 heavy (non-hydrogen) atoms. The summed E-state index contributed by atoms with van der Waals surface area (Å²) in [5, 5.41) is 11.3. The number of hydrogen-bond donors (Lipinski definition) is 2. The number of amides is 2. The molecule has 1 heterocycles. The summed E-state index contributed by atoms with van der Waals surface area (Å²) in [5.41, 5.74) is 0. The first-order chi connectivity index (χ1) is 8.50. The quantitative estimate of drug-likeness (QED) is 0.801. The average molecular weight is 262 g/mol. The summed E-state index contributed by atoms with van der Waals surface area (Å²) in [7, 11) is 0. The molecule has 0 radical (unpaired) electrons. The van der Waals surface area contributed by atoms with E-state index in [0.717, 1.165) is 19.3 Å². The van der Waals surface area contributed by atoms with Crippen molar-refractivity contribution in [3.63, 3.8) is 0 Å². The average Bonchev–Trinajstić information content (AvgIpc) is 2.83. The van der Waals surface area contributed by atoms with Crippen molar-refractivity contribution >= 4 is 12.0 Å². The molecule has 102 valence electrons. The van der Waals surface area contributed by atoms with E-state index >= 15 is 0 Å². The number of aliphatic carboxylic acids is 1. The van der Waals surface area contributed by atoms with Crippen LogP contribution in [0.1, 0.15) is 19.3 Å². The Kier molecular flexibility index (Phi) is 3.68. The van der Waals surface area contributed by atoms with E-state index in [-0.39, 0.29) is 11.8 Å². The molecule has 2 N–H and O–H groups in total. The fourth-order valence-corrected chi connectivity index (χ4v) is 3.10. The molecule has 2 fully saturated rings. The van der Waals surface area contributed by atoms with Crippen molar-refractivity contribution in [3.05, 3.63) is 0 Å². The lowest BCUT2D eigenvalue weighted by Gasteiger charge is -2.24. The SMILES string of the molecule is O=C(O)C1C2CCCC2CN1C(=O)NCC(F)F. The zero-order valence-corrected chi connectivity index (χ0v) is 9.81. The molecule has 2 amide bonds. The predicted molar refractivity (Wildman–Crippen MR) is 58.4 cm³/mol. The molecule has 1 saturated carbocycles. The molecule has 1 aliphatic carbocycles. The van der Waals surface area contributed by atoms with Crippen LogP contribution < -0.4 is 5.32 Å². The highest BCUT2D eigenvalue weighted by Gasteiger charge is 2.49. The maximum atomic E-state index is 12.0. The van der Waals surface area contributed by atoms with Gasteiger partial charge in [-0.25, -0.2) is 18.4 Å². The van der Waals surface area contributed by atoms with Gasteiger partial charge in [0.1, 0.15) is 6.04 Å². The number of halogens is 2. The third-order valence-electron chi connectivity index (χ3n) is 3.81. The Bertz CT molecular complexity index is 351. The summed E-state index contributed by atoms with van der Waals surface area (Å²) in [6.45, 7) is -0.381. The molecule has 1 saturated heterocycles. The van der Waals surface area contributed by atoms with E-state index in [1.54, 1.807) is 0 Å². The zero-order chi connectivity index (χ0) is 13.3. The van der Waals surface area contributed by atoms with Gasteiger partial charge in [-0.05, 0) is 24.7 Å². The van der Waals surface area contributed by atoms with Crippen molar-refractivity contribution in [2.45, 2.75) is 31.7 Å². The van der Waals surface area contributed by atoms with E-state index in [1.165, 1.54) is 4.90 Å². The van der Waals surface area contributed by atoms with Crippen LogP contribution >= 0.6 is 0 Å². The summed E-state index contributed by atoms with van der Waals surface area (Å²) in [5.74, 6) is -0.875. The maximum absolute atomic E-state index is 12.0. The summed E-state index contributed by atoms with van der Waals surface area (Å²) < 4.78 is 24.0. The molecule has 2 rings (SSSR count). The Morgan fingerprint density at radius 3 is 2.72 bits per heavy atom. The number of nitrogens with zero attached hydrogens (tertiary/aromatic N) is 1. The first-order valence-electron chi connectivity index (χ1n) is 6.06. The standard InChI is InChI=1S/C11H16F2N2O3/c12-8(13)4-14-11(18)15-5-6-2-1-3-7(6)9(15)10(16)17/h6-9H,1-5H2,(H,14,18)(H,16,17). The van der Waals surface area contributed by atoms with Crippen LogP contribution in [0.15, 0.2) is 0 Å². The van der Waals surface area contributed by atoms with Gasteiger partial charge < -0.3 is 15.3 Å². The largest absolute Gasteiger partial charge is 0.480 e. The van der Waals surface area contributed by atoms with Gasteiger partial charge in [0, 0.05) is 6.54 Å². The summed E-state index contributed by atoms with van der Waals surface area (Å²) >= 11 is 0. The second kappa shape index (κ2) is 5.07. The van der Waals surface area contributed by atoms with Crippen molar-refractivity contribution < 1.29 is 23.5 Å². The molecule has 1 aliphatic heterocycles. The smallest absolute Gasteiger partial charge is 0.326 e. The number of urea groups is 1. The third kappa shape index (κ3) is 2.39. The van der Waals surface area contributed by atoms with Crippen LogP contribution in [0.2, 0.25) is 0 Å². The van der Waals surface area contributed by atoms with Gasteiger partial charge in [-0.15, -0.1) is 0 Å². The summed E-state index contributed by atoms with van der Waals surface area (Å²) in [6.07, 6.45) is 0.0539. The molecule has 0 bridgehead atoms. The Morgan fingerprint density at radius 2 is 2.11 bits per heavy atom. The van der Waals surface area contributed by atoms with Crippen molar-refractivity contribution in [3.8, 4) is 0 Å². The van der Waals surface area contributed by atoms with E-state index in [4.69, 9.17) is 0 Å². The van der Waals surface area contributed by atoms with Gasteiger partial charge >= 0.3 is 12.0 Å². The number of carbonyl (C=O) groups is 2. The molecule has 0 spiro atoms. The van der Waals surface area contributed by atoms with Gasteiger partial charge in [0.25, 0.3) is 6.43 Å². The first-order valence-corrected chi connectivity index (χ1v) is 6.06. The van der Waals surface area contributed by atoms with Gasteiger partial charge in [0.15, 0.2) is 0 Å². The van der Waals surface area contributed by atoms with E-state index < -0.39 is 31.0 Å². The number of carbonyl (C=O) groups excluding carboxylic acids is 1. The number of hydrogen-bond acceptors (Lipinski definition) is 2. The lowest BCUT2D eigenvalue weighted by Crippen LogP contribution is -2.48. The second-order valence-corrected chi connectivity index (χ2v) is 4.87. The second-order valence-electron chi connectivity index (χ2n) is 4.87. The maximum Gasteiger partial charge on any atom is 0.326 e. The van der Waals surface area contributed by atoms with Crippen LogP contribution in [0.3, 0.4) is 0 Å².